The van der Waals surface area contributed by atoms with Gasteiger partial charge in [0.1, 0.15) is 0 Å². The Morgan fingerprint density at radius 2 is 1.61 bits per heavy atom. The van der Waals surface area contributed by atoms with Crippen LogP contribution in [0, 0.1) is 0 Å². The predicted octanol–water partition coefficient (Wildman–Crippen LogP) is 5.31. The normalized spacial score (nSPS) is 18.7. The minimum absolute atomic E-state index is 0.603. The molecule has 23 heavy (non-hydrogen) atoms. The number of hydrogen-bond donors (Lipinski definition) is 2. The second-order valence-corrected chi connectivity index (χ2v) is 7.54. The molecule has 0 bridgehead atoms. The van der Waals surface area contributed by atoms with Gasteiger partial charge in [-0.2, -0.15) is 0 Å². The van der Waals surface area contributed by atoms with E-state index in [0.29, 0.717) is 6.04 Å². The van der Waals surface area contributed by atoms with Crippen molar-refractivity contribution in [2.45, 2.75) is 83.6 Å². The molecule has 0 unspecified atom stereocenters. The summed E-state index contributed by atoms with van der Waals surface area (Å²) in [5.41, 5.74) is 5.66. The lowest BCUT2D eigenvalue weighted by molar-refractivity contribution is 0.443. The van der Waals surface area contributed by atoms with Crippen LogP contribution >= 0.6 is 12.2 Å². The van der Waals surface area contributed by atoms with Gasteiger partial charge in [-0.1, -0.05) is 45.2 Å². The largest absolute Gasteiger partial charge is 0.360 e. The number of anilines is 1. The maximum absolute atomic E-state index is 5.50. The van der Waals surface area contributed by atoms with Crippen LogP contribution in [0.25, 0.3) is 0 Å². The summed E-state index contributed by atoms with van der Waals surface area (Å²) >= 11 is 5.50. The van der Waals surface area contributed by atoms with Crippen molar-refractivity contribution in [3.8, 4) is 0 Å². The highest BCUT2D eigenvalue weighted by Gasteiger charge is 2.23. The Morgan fingerprint density at radius 1 is 1.00 bits per heavy atom. The zero-order chi connectivity index (χ0) is 16.2. The fourth-order valence-corrected chi connectivity index (χ4v) is 4.02. The summed E-state index contributed by atoms with van der Waals surface area (Å²) in [6.07, 6.45) is 11.5. The lowest BCUT2D eigenvalue weighted by Crippen LogP contribution is -2.31. The first-order chi connectivity index (χ1) is 11.2. The van der Waals surface area contributed by atoms with Crippen LogP contribution in [-0.2, 0) is 12.8 Å². The third-order valence-corrected chi connectivity index (χ3v) is 5.53. The molecule has 126 valence electrons. The van der Waals surface area contributed by atoms with Gasteiger partial charge in [-0.15, -0.1) is 0 Å². The number of rotatable bonds is 5. The standard InChI is InChI=1S/C20H30N2S/c1-3-14-12-17(16-8-6-5-7-9-16)13-15(4-2)19(14)22-20(23)21-18-10-11-18/h12-13,16,18H,3-11H2,1-2H3,(H2,21,22,23). The van der Waals surface area contributed by atoms with Crippen LogP contribution in [0.4, 0.5) is 5.69 Å². The first-order valence-electron chi connectivity index (χ1n) is 9.44. The van der Waals surface area contributed by atoms with Gasteiger partial charge < -0.3 is 10.6 Å². The molecular formula is C20H30N2S. The van der Waals surface area contributed by atoms with E-state index in [1.807, 2.05) is 0 Å². The highest BCUT2D eigenvalue weighted by molar-refractivity contribution is 7.80. The molecular weight excluding hydrogens is 300 g/mol. The van der Waals surface area contributed by atoms with Gasteiger partial charge in [0, 0.05) is 11.7 Å². The summed E-state index contributed by atoms with van der Waals surface area (Å²) in [6.45, 7) is 4.50. The van der Waals surface area contributed by atoms with Gasteiger partial charge in [0.15, 0.2) is 5.11 Å². The Hall–Kier alpha value is -1.09. The van der Waals surface area contributed by atoms with Crippen molar-refractivity contribution in [2.24, 2.45) is 0 Å². The maximum atomic E-state index is 5.50. The third-order valence-electron chi connectivity index (χ3n) is 5.31. The minimum Gasteiger partial charge on any atom is -0.360 e. The van der Waals surface area contributed by atoms with Gasteiger partial charge in [0.05, 0.1) is 0 Å². The van der Waals surface area contributed by atoms with E-state index in [0.717, 1.165) is 23.9 Å². The van der Waals surface area contributed by atoms with Crippen LogP contribution in [-0.4, -0.2) is 11.2 Å². The summed E-state index contributed by atoms with van der Waals surface area (Å²) in [4.78, 5) is 0. The molecule has 0 aliphatic heterocycles. The van der Waals surface area contributed by atoms with Crippen LogP contribution in [0.5, 0.6) is 0 Å². The van der Waals surface area contributed by atoms with Crippen molar-refractivity contribution in [1.29, 1.82) is 0 Å². The Labute approximate surface area is 146 Å². The molecule has 2 aliphatic carbocycles. The number of thiocarbonyl (C=S) groups is 1. The molecule has 0 aromatic heterocycles. The molecule has 2 fully saturated rings. The van der Waals surface area contributed by atoms with Crippen LogP contribution in [0.2, 0.25) is 0 Å². The molecule has 0 heterocycles. The summed E-state index contributed by atoms with van der Waals surface area (Å²) in [5, 5.41) is 7.70. The highest BCUT2D eigenvalue weighted by atomic mass is 32.1. The van der Waals surface area contributed by atoms with Crippen molar-refractivity contribution in [1.82, 2.24) is 5.32 Å². The molecule has 2 N–H and O–H groups in total. The number of benzene rings is 1. The average molecular weight is 331 g/mol. The Bertz CT molecular complexity index is 532. The van der Waals surface area contributed by atoms with E-state index in [9.17, 15) is 0 Å². The van der Waals surface area contributed by atoms with E-state index < -0.39 is 0 Å². The van der Waals surface area contributed by atoms with E-state index in [1.54, 1.807) is 5.56 Å². The monoisotopic (exact) mass is 330 g/mol. The van der Waals surface area contributed by atoms with E-state index in [-0.39, 0.29) is 0 Å². The molecule has 0 amide bonds. The van der Waals surface area contributed by atoms with Gasteiger partial charge in [0.25, 0.3) is 0 Å². The first-order valence-corrected chi connectivity index (χ1v) is 9.85. The van der Waals surface area contributed by atoms with Gasteiger partial charge in [-0.3, -0.25) is 0 Å². The summed E-state index contributed by atoms with van der Waals surface area (Å²) < 4.78 is 0. The topological polar surface area (TPSA) is 24.1 Å². The molecule has 3 rings (SSSR count). The molecule has 0 spiro atoms. The van der Waals surface area contributed by atoms with Crippen LogP contribution < -0.4 is 10.6 Å². The van der Waals surface area contributed by atoms with E-state index >= 15 is 0 Å². The van der Waals surface area contributed by atoms with Crippen LogP contribution in [0.1, 0.15) is 81.4 Å². The van der Waals surface area contributed by atoms with Crippen LogP contribution in [0.15, 0.2) is 12.1 Å². The van der Waals surface area contributed by atoms with E-state index in [1.165, 1.54) is 61.8 Å². The van der Waals surface area contributed by atoms with Crippen molar-refractivity contribution in [3.63, 3.8) is 0 Å². The Morgan fingerprint density at radius 3 is 2.13 bits per heavy atom. The van der Waals surface area contributed by atoms with Crippen molar-refractivity contribution in [2.75, 3.05) is 5.32 Å². The quantitative estimate of drug-likeness (QED) is 0.716. The number of nitrogens with one attached hydrogen (secondary N) is 2. The lowest BCUT2D eigenvalue weighted by Gasteiger charge is -2.25. The first kappa shape index (κ1) is 16.8. The number of aryl methyl sites for hydroxylation is 2. The predicted molar refractivity (Wildman–Crippen MR) is 103 cm³/mol. The number of hydrogen-bond acceptors (Lipinski definition) is 1. The molecule has 1 aromatic rings. The fourth-order valence-electron chi connectivity index (χ4n) is 3.75. The fraction of sp³-hybridized carbons (Fsp3) is 0.650. The van der Waals surface area contributed by atoms with Crippen molar-refractivity contribution < 1.29 is 0 Å². The van der Waals surface area contributed by atoms with Gasteiger partial charge >= 0.3 is 0 Å². The van der Waals surface area contributed by atoms with E-state index in [2.05, 4.69) is 36.6 Å². The second-order valence-electron chi connectivity index (χ2n) is 7.13. The minimum atomic E-state index is 0.603. The summed E-state index contributed by atoms with van der Waals surface area (Å²) in [6, 6.07) is 5.49. The molecule has 1 aromatic carbocycles. The maximum Gasteiger partial charge on any atom is 0.171 e. The average Bonchev–Trinajstić information content (AvgIpc) is 3.39. The highest BCUT2D eigenvalue weighted by Crippen LogP contribution is 2.36. The molecule has 2 nitrogen and oxygen atoms in total. The lowest BCUT2D eigenvalue weighted by atomic mass is 9.82. The zero-order valence-corrected chi connectivity index (χ0v) is 15.4. The second kappa shape index (κ2) is 7.65. The SMILES string of the molecule is CCc1cc(C2CCCCC2)cc(CC)c1NC(=S)NC1CC1. The van der Waals surface area contributed by atoms with Crippen LogP contribution in [0.3, 0.4) is 0 Å². The molecule has 2 aliphatic rings. The molecule has 0 radical (unpaired) electrons. The Balaban J connectivity index is 1.83. The van der Waals surface area contributed by atoms with Gasteiger partial charge in [-0.05, 0) is 73.4 Å². The van der Waals surface area contributed by atoms with Gasteiger partial charge in [-0.25, -0.2) is 0 Å². The summed E-state index contributed by atoms with van der Waals surface area (Å²) in [7, 11) is 0. The molecule has 0 saturated heterocycles. The molecule has 0 atom stereocenters. The zero-order valence-electron chi connectivity index (χ0n) is 14.6. The molecule has 2 saturated carbocycles. The van der Waals surface area contributed by atoms with Crippen molar-refractivity contribution >= 4 is 23.0 Å². The van der Waals surface area contributed by atoms with E-state index in [4.69, 9.17) is 12.2 Å². The Kier molecular flexibility index (Phi) is 5.58. The summed E-state index contributed by atoms with van der Waals surface area (Å²) in [5.74, 6) is 0.768. The van der Waals surface area contributed by atoms with Crippen molar-refractivity contribution in [3.05, 3.63) is 28.8 Å². The third kappa shape index (κ3) is 4.26. The van der Waals surface area contributed by atoms with Gasteiger partial charge in [0.2, 0.25) is 0 Å². The smallest absolute Gasteiger partial charge is 0.171 e. The molecule has 3 heteroatoms.